The van der Waals surface area contributed by atoms with Crippen LogP contribution in [-0.4, -0.2) is 18.1 Å². The van der Waals surface area contributed by atoms with Crippen molar-refractivity contribution in [2.75, 3.05) is 7.11 Å². The Morgan fingerprint density at radius 2 is 2.21 bits per heavy atom. The highest BCUT2D eigenvalue weighted by atomic mass is 35.5. The van der Waals surface area contributed by atoms with Crippen LogP contribution in [0.5, 0.6) is 0 Å². The van der Waals surface area contributed by atoms with Crippen LogP contribution in [0.1, 0.15) is 19.4 Å². The van der Waals surface area contributed by atoms with Crippen molar-refractivity contribution in [3.63, 3.8) is 0 Å². The van der Waals surface area contributed by atoms with E-state index in [1.54, 1.807) is 32.2 Å². The lowest BCUT2D eigenvalue weighted by molar-refractivity contribution is -0.146. The molecule has 0 saturated heterocycles. The maximum Gasteiger partial charge on any atom is 0.315 e. The molecule has 1 heterocycles. The number of esters is 1. The average Bonchev–Trinajstić information content (AvgIpc) is 2.16. The van der Waals surface area contributed by atoms with Crippen molar-refractivity contribution in [3.8, 4) is 0 Å². The van der Waals surface area contributed by atoms with Gasteiger partial charge in [-0.05, 0) is 31.5 Å². The van der Waals surface area contributed by atoms with E-state index in [1.807, 2.05) is 0 Å². The molecular formula is C10H12ClNO2. The van der Waals surface area contributed by atoms with Gasteiger partial charge < -0.3 is 4.74 Å². The molecule has 0 N–H and O–H groups in total. The molecule has 0 unspecified atom stereocenters. The van der Waals surface area contributed by atoms with Crippen LogP contribution < -0.4 is 0 Å². The molecule has 14 heavy (non-hydrogen) atoms. The first-order valence-corrected chi connectivity index (χ1v) is 4.56. The molecule has 1 aromatic heterocycles. The van der Waals surface area contributed by atoms with Gasteiger partial charge in [0.25, 0.3) is 0 Å². The normalized spacial score (nSPS) is 11.1. The predicted octanol–water partition coefficient (Wildman–Crippen LogP) is 2.19. The van der Waals surface area contributed by atoms with Gasteiger partial charge in [0.1, 0.15) is 5.15 Å². The summed E-state index contributed by atoms with van der Waals surface area (Å²) in [6, 6.07) is 3.42. The standard InChI is InChI=1S/C10H12ClNO2/c1-10(2,9(13)14-3)7-4-5-12-8(11)6-7/h4-6H,1-3H3. The molecule has 0 saturated carbocycles. The van der Waals surface area contributed by atoms with Crippen LogP contribution in [0.3, 0.4) is 0 Å². The molecule has 1 aromatic rings. The Bertz CT molecular complexity index is 350. The van der Waals surface area contributed by atoms with E-state index in [4.69, 9.17) is 16.3 Å². The van der Waals surface area contributed by atoms with Gasteiger partial charge >= 0.3 is 5.97 Å². The molecule has 4 heteroatoms. The average molecular weight is 214 g/mol. The lowest BCUT2D eigenvalue weighted by Gasteiger charge is -2.21. The van der Waals surface area contributed by atoms with Crippen molar-refractivity contribution in [3.05, 3.63) is 29.0 Å². The first kappa shape index (κ1) is 11.0. The number of halogens is 1. The zero-order valence-electron chi connectivity index (χ0n) is 8.37. The number of hydrogen-bond donors (Lipinski definition) is 0. The lowest BCUT2D eigenvalue weighted by Crippen LogP contribution is -2.30. The molecule has 1 rings (SSSR count). The number of carbonyl (C=O) groups excluding carboxylic acids is 1. The van der Waals surface area contributed by atoms with Gasteiger partial charge in [0.05, 0.1) is 12.5 Å². The van der Waals surface area contributed by atoms with Crippen LogP contribution in [0.15, 0.2) is 18.3 Å². The molecule has 0 aliphatic carbocycles. The van der Waals surface area contributed by atoms with E-state index >= 15 is 0 Å². The molecule has 0 amide bonds. The number of pyridine rings is 1. The van der Waals surface area contributed by atoms with E-state index in [0.29, 0.717) is 5.15 Å². The van der Waals surface area contributed by atoms with Crippen LogP contribution >= 0.6 is 11.6 Å². The third kappa shape index (κ3) is 2.04. The number of aromatic nitrogens is 1. The molecular weight excluding hydrogens is 202 g/mol. The highest BCUT2D eigenvalue weighted by Gasteiger charge is 2.30. The monoisotopic (exact) mass is 213 g/mol. The van der Waals surface area contributed by atoms with E-state index in [-0.39, 0.29) is 5.97 Å². The van der Waals surface area contributed by atoms with Crippen LogP contribution in [-0.2, 0) is 14.9 Å². The van der Waals surface area contributed by atoms with Gasteiger partial charge in [-0.1, -0.05) is 11.6 Å². The summed E-state index contributed by atoms with van der Waals surface area (Å²) in [4.78, 5) is 15.3. The summed E-state index contributed by atoms with van der Waals surface area (Å²) in [5.41, 5.74) is 0.103. The van der Waals surface area contributed by atoms with Gasteiger partial charge in [-0.3, -0.25) is 4.79 Å². The summed E-state index contributed by atoms with van der Waals surface area (Å²) in [6.45, 7) is 3.56. The topological polar surface area (TPSA) is 39.2 Å². The fourth-order valence-corrected chi connectivity index (χ4v) is 1.34. The van der Waals surface area contributed by atoms with Gasteiger partial charge in [-0.15, -0.1) is 0 Å². The van der Waals surface area contributed by atoms with Crippen molar-refractivity contribution in [1.29, 1.82) is 0 Å². The van der Waals surface area contributed by atoms with Gasteiger partial charge in [-0.2, -0.15) is 0 Å². The van der Waals surface area contributed by atoms with E-state index < -0.39 is 5.41 Å². The Morgan fingerprint density at radius 1 is 1.57 bits per heavy atom. The minimum atomic E-state index is -0.693. The SMILES string of the molecule is COC(=O)C(C)(C)c1ccnc(Cl)c1. The largest absolute Gasteiger partial charge is 0.468 e. The van der Waals surface area contributed by atoms with Crippen molar-refractivity contribution in [1.82, 2.24) is 4.98 Å². The van der Waals surface area contributed by atoms with E-state index in [0.717, 1.165) is 5.56 Å². The molecule has 0 fully saturated rings. The summed E-state index contributed by atoms with van der Waals surface area (Å²) < 4.78 is 4.71. The third-order valence-electron chi connectivity index (χ3n) is 2.14. The van der Waals surface area contributed by atoms with Crippen molar-refractivity contribution in [2.24, 2.45) is 0 Å². The molecule has 0 aliphatic heterocycles. The Balaban J connectivity index is 3.09. The Labute approximate surface area is 88.1 Å². The number of hydrogen-bond acceptors (Lipinski definition) is 3. The molecule has 0 bridgehead atoms. The molecule has 0 spiro atoms. The summed E-state index contributed by atoms with van der Waals surface area (Å²) >= 11 is 5.74. The van der Waals surface area contributed by atoms with Crippen LogP contribution in [0.2, 0.25) is 5.15 Å². The van der Waals surface area contributed by atoms with Gasteiger partial charge in [0, 0.05) is 6.20 Å². The van der Waals surface area contributed by atoms with E-state index in [1.165, 1.54) is 7.11 Å². The van der Waals surface area contributed by atoms with Gasteiger partial charge in [-0.25, -0.2) is 4.98 Å². The summed E-state index contributed by atoms with van der Waals surface area (Å²) in [6.07, 6.45) is 1.57. The maximum atomic E-state index is 11.5. The molecule has 0 aromatic carbocycles. The summed E-state index contributed by atoms with van der Waals surface area (Å²) in [5, 5.41) is 0.375. The first-order valence-electron chi connectivity index (χ1n) is 4.19. The highest BCUT2D eigenvalue weighted by molar-refractivity contribution is 6.29. The minimum Gasteiger partial charge on any atom is -0.468 e. The molecule has 0 radical (unpaired) electrons. The van der Waals surface area contributed by atoms with Crippen molar-refractivity contribution >= 4 is 17.6 Å². The summed E-state index contributed by atoms with van der Waals surface area (Å²) in [5.74, 6) is -0.292. The number of nitrogens with zero attached hydrogens (tertiary/aromatic N) is 1. The fourth-order valence-electron chi connectivity index (χ4n) is 1.16. The van der Waals surface area contributed by atoms with E-state index in [2.05, 4.69) is 4.98 Å². The number of methoxy groups -OCH3 is 1. The minimum absolute atomic E-state index is 0.292. The molecule has 3 nitrogen and oxygen atoms in total. The summed E-state index contributed by atoms with van der Waals surface area (Å²) in [7, 11) is 1.37. The Kier molecular flexibility index (Phi) is 3.11. The van der Waals surface area contributed by atoms with Crippen LogP contribution in [0, 0.1) is 0 Å². The zero-order valence-corrected chi connectivity index (χ0v) is 9.13. The second kappa shape index (κ2) is 3.96. The van der Waals surface area contributed by atoms with Crippen LogP contribution in [0.25, 0.3) is 0 Å². The first-order chi connectivity index (χ1) is 6.48. The number of rotatable bonds is 2. The van der Waals surface area contributed by atoms with Crippen molar-refractivity contribution in [2.45, 2.75) is 19.3 Å². The number of carbonyl (C=O) groups is 1. The Hall–Kier alpha value is -1.09. The quantitative estimate of drug-likeness (QED) is 0.559. The smallest absolute Gasteiger partial charge is 0.315 e. The highest BCUT2D eigenvalue weighted by Crippen LogP contribution is 2.25. The number of ether oxygens (including phenoxy) is 1. The predicted molar refractivity (Wildman–Crippen MR) is 54.3 cm³/mol. The third-order valence-corrected chi connectivity index (χ3v) is 2.35. The second-order valence-electron chi connectivity index (χ2n) is 3.48. The second-order valence-corrected chi connectivity index (χ2v) is 3.87. The van der Waals surface area contributed by atoms with E-state index in [9.17, 15) is 4.79 Å². The van der Waals surface area contributed by atoms with Crippen LogP contribution in [0.4, 0.5) is 0 Å². The molecule has 0 atom stereocenters. The molecule has 76 valence electrons. The van der Waals surface area contributed by atoms with Gasteiger partial charge in [0.15, 0.2) is 0 Å². The van der Waals surface area contributed by atoms with Gasteiger partial charge in [0.2, 0.25) is 0 Å². The van der Waals surface area contributed by atoms with Crippen molar-refractivity contribution < 1.29 is 9.53 Å². The molecule has 0 aliphatic rings. The zero-order chi connectivity index (χ0) is 10.8. The lowest BCUT2D eigenvalue weighted by atomic mass is 9.85. The maximum absolute atomic E-state index is 11.5. The Morgan fingerprint density at radius 3 is 2.71 bits per heavy atom. The fraction of sp³-hybridized carbons (Fsp3) is 0.400.